The first kappa shape index (κ1) is 22.5. The molecular weight excluding hydrogens is 454 g/mol. The van der Waals surface area contributed by atoms with Crippen LogP contribution >= 0.6 is 0 Å². The van der Waals surface area contributed by atoms with Crippen molar-refractivity contribution in [2.75, 3.05) is 6.54 Å². The Hall–Kier alpha value is -3.96. The predicted octanol–water partition coefficient (Wildman–Crippen LogP) is 5.47. The van der Waals surface area contributed by atoms with Gasteiger partial charge in [-0.05, 0) is 73.2 Å². The Bertz CT molecular complexity index is 1490. The molecule has 0 amide bonds. The molecule has 1 aliphatic carbocycles. The Morgan fingerprint density at radius 3 is 2.78 bits per heavy atom. The van der Waals surface area contributed by atoms with E-state index in [2.05, 4.69) is 26.5 Å². The summed E-state index contributed by atoms with van der Waals surface area (Å²) in [5.41, 5.74) is 6.41. The van der Waals surface area contributed by atoms with Crippen LogP contribution in [0.4, 0.5) is 0 Å². The molecule has 2 aliphatic rings. The third-order valence-electron chi connectivity index (χ3n) is 7.58. The number of aliphatic carboxylic acids is 1. The molecule has 6 rings (SSSR count). The largest absolute Gasteiger partial charge is 0.481 e. The molecule has 1 saturated carbocycles. The number of benzene rings is 2. The van der Waals surface area contributed by atoms with Gasteiger partial charge in [-0.25, -0.2) is 0 Å². The normalized spacial score (nSPS) is 18.1. The molecule has 0 bridgehead atoms. The topological polar surface area (TPSA) is 128 Å². The molecule has 0 saturated heterocycles. The maximum atomic E-state index is 11.3. The second-order valence-electron chi connectivity index (χ2n) is 9.80. The third-order valence-corrected chi connectivity index (χ3v) is 7.58. The molecule has 3 heterocycles. The standard InChI is InChI=1S/C28H27N5O3/c29-15-19-12-18(6-8-20(19)16-4-2-1-3-5-16)28-32-27(33-36-28)17-7-9-23-22(13-17)21-10-11-30-24(14-25(34)35)26(21)31-23/h6-9,12-13,16,24,30-31H,1-5,10-11,14H2,(H,34,35). The van der Waals surface area contributed by atoms with Gasteiger partial charge in [-0.2, -0.15) is 10.2 Å². The summed E-state index contributed by atoms with van der Waals surface area (Å²) in [5, 5.41) is 27.6. The number of fused-ring (bicyclic) bond motifs is 3. The zero-order valence-electron chi connectivity index (χ0n) is 19.9. The number of nitriles is 1. The van der Waals surface area contributed by atoms with Gasteiger partial charge in [0.2, 0.25) is 5.82 Å². The molecule has 0 radical (unpaired) electrons. The molecule has 2 aromatic carbocycles. The van der Waals surface area contributed by atoms with E-state index >= 15 is 0 Å². The van der Waals surface area contributed by atoms with Gasteiger partial charge in [0.25, 0.3) is 5.89 Å². The summed E-state index contributed by atoms with van der Waals surface area (Å²) >= 11 is 0. The maximum Gasteiger partial charge on any atom is 0.305 e. The minimum atomic E-state index is -0.828. The van der Waals surface area contributed by atoms with Crippen LogP contribution in [-0.2, 0) is 11.2 Å². The Balaban J connectivity index is 1.31. The summed E-state index contributed by atoms with van der Waals surface area (Å²) in [6, 6.07) is 14.0. The van der Waals surface area contributed by atoms with Crippen molar-refractivity contribution >= 4 is 16.9 Å². The lowest BCUT2D eigenvalue weighted by molar-refractivity contribution is -0.137. The summed E-state index contributed by atoms with van der Waals surface area (Å²) in [7, 11) is 0. The number of carbonyl (C=O) groups is 1. The molecular formula is C28H27N5O3. The number of nitrogens with zero attached hydrogens (tertiary/aromatic N) is 3. The van der Waals surface area contributed by atoms with E-state index in [1.165, 1.54) is 19.3 Å². The number of hydrogen-bond acceptors (Lipinski definition) is 6. The Labute approximate surface area is 208 Å². The molecule has 8 heteroatoms. The first-order chi connectivity index (χ1) is 17.6. The molecule has 1 fully saturated rings. The molecule has 36 heavy (non-hydrogen) atoms. The van der Waals surface area contributed by atoms with Gasteiger partial charge in [0.1, 0.15) is 0 Å². The number of nitrogens with one attached hydrogen (secondary N) is 2. The van der Waals surface area contributed by atoms with E-state index in [1.54, 1.807) is 0 Å². The van der Waals surface area contributed by atoms with E-state index in [1.807, 2.05) is 36.4 Å². The fraction of sp³-hybridized carbons (Fsp3) is 0.357. The Morgan fingerprint density at radius 2 is 1.97 bits per heavy atom. The highest BCUT2D eigenvalue weighted by Crippen LogP contribution is 2.37. The summed E-state index contributed by atoms with van der Waals surface area (Å²) < 4.78 is 5.60. The van der Waals surface area contributed by atoms with Crippen molar-refractivity contribution < 1.29 is 14.4 Å². The van der Waals surface area contributed by atoms with Gasteiger partial charge in [-0.1, -0.05) is 30.5 Å². The molecule has 4 aromatic rings. The molecule has 2 aromatic heterocycles. The number of carboxylic acid groups (broad SMARTS) is 1. The highest BCUT2D eigenvalue weighted by atomic mass is 16.5. The van der Waals surface area contributed by atoms with E-state index in [0.717, 1.165) is 64.7 Å². The molecule has 1 aliphatic heterocycles. The highest BCUT2D eigenvalue weighted by molar-refractivity contribution is 5.89. The molecule has 182 valence electrons. The van der Waals surface area contributed by atoms with Gasteiger partial charge in [0.05, 0.1) is 24.1 Å². The average molecular weight is 482 g/mol. The first-order valence-corrected chi connectivity index (χ1v) is 12.6. The molecule has 8 nitrogen and oxygen atoms in total. The predicted molar refractivity (Wildman–Crippen MR) is 134 cm³/mol. The van der Waals surface area contributed by atoms with E-state index in [9.17, 15) is 15.2 Å². The van der Waals surface area contributed by atoms with Crippen molar-refractivity contribution in [3.05, 3.63) is 58.8 Å². The molecule has 1 atom stereocenters. The van der Waals surface area contributed by atoms with E-state index in [-0.39, 0.29) is 12.5 Å². The lowest BCUT2D eigenvalue weighted by atomic mass is 9.82. The van der Waals surface area contributed by atoms with Crippen LogP contribution in [0.5, 0.6) is 0 Å². The fourth-order valence-electron chi connectivity index (χ4n) is 5.81. The van der Waals surface area contributed by atoms with Crippen LogP contribution in [0.15, 0.2) is 40.9 Å². The number of hydrogen-bond donors (Lipinski definition) is 3. The van der Waals surface area contributed by atoms with Crippen LogP contribution in [-0.4, -0.2) is 32.7 Å². The number of carboxylic acids is 1. The SMILES string of the molecule is N#Cc1cc(-c2nc(-c3ccc4[nH]c5c(c4c3)CCNC5CC(=O)O)no2)ccc1C1CCCCC1. The van der Waals surface area contributed by atoms with Gasteiger partial charge < -0.3 is 19.9 Å². The number of rotatable bonds is 5. The summed E-state index contributed by atoms with van der Waals surface area (Å²) in [6.45, 7) is 0.729. The van der Waals surface area contributed by atoms with Gasteiger partial charge in [0.15, 0.2) is 0 Å². The van der Waals surface area contributed by atoms with Crippen molar-refractivity contribution in [3.8, 4) is 28.9 Å². The van der Waals surface area contributed by atoms with Crippen LogP contribution in [0, 0.1) is 11.3 Å². The fourth-order valence-corrected chi connectivity index (χ4v) is 5.81. The van der Waals surface area contributed by atoms with Gasteiger partial charge in [-0.15, -0.1) is 0 Å². The number of aromatic nitrogens is 3. The van der Waals surface area contributed by atoms with Crippen molar-refractivity contribution in [1.29, 1.82) is 5.26 Å². The summed E-state index contributed by atoms with van der Waals surface area (Å²) in [5.74, 6) is 0.488. The monoisotopic (exact) mass is 481 g/mol. The lowest BCUT2D eigenvalue weighted by Gasteiger charge is -2.22. The van der Waals surface area contributed by atoms with E-state index in [0.29, 0.717) is 23.2 Å². The average Bonchev–Trinajstić information content (AvgIpc) is 3.54. The summed E-state index contributed by atoms with van der Waals surface area (Å²) in [6.07, 6.45) is 6.83. The van der Waals surface area contributed by atoms with Crippen molar-refractivity contribution in [2.45, 2.75) is 56.9 Å². The smallest absolute Gasteiger partial charge is 0.305 e. The number of H-pyrrole nitrogens is 1. The van der Waals surface area contributed by atoms with Crippen LogP contribution in [0.25, 0.3) is 33.7 Å². The van der Waals surface area contributed by atoms with Crippen LogP contribution < -0.4 is 5.32 Å². The highest BCUT2D eigenvalue weighted by Gasteiger charge is 2.26. The molecule has 0 spiro atoms. The second kappa shape index (κ2) is 9.25. The van der Waals surface area contributed by atoms with Crippen molar-refractivity contribution in [1.82, 2.24) is 20.4 Å². The van der Waals surface area contributed by atoms with E-state index < -0.39 is 5.97 Å². The Kier molecular flexibility index (Phi) is 5.78. The third kappa shape index (κ3) is 4.06. The molecule has 3 N–H and O–H groups in total. The lowest BCUT2D eigenvalue weighted by Crippen LogP contribution is -2.31. The van der Waals surface area contributed by atoms with Gasteiger partial charge in [0, 0.05) is 27.7 Å². The first-order valence-electron chi connectivity index (χ1n) is 12.6. The Morgan fingerprint density at radius 1 is 1.14 bits per heavy atom. The quantitative estimate of drug-likeness (QED) is 0.345. The van der Waals surface area contributed by atoms with Crippen LogP contribution in [0.2, 0.25) is 0 Å². The summed E-state index contributed by atoms with van der Waals surface area (Å²) in [4.78, 5) is 19.3. The van der Waals surface area contributed by atoms with Crippen LogP contribution in [0.1, 0.15) is 72.9 Å². The maximum absolute atomic E-state index is 11.3. The van der Waals surface area contributed by atoms with Crippen LogP contribution in [0.3, 0.4) is 0 Å². The van der Waals surface area contributed by atoms with Gasteiger partial charge in [-0.3, -0.25) is 4.79 Å². The van der Waals surface area contributed by atoms with E-state index in [4.69, 9.17) is 4.52 Å². The zero-order valence-corrected chi connectivity index (χ0v) is 19.9. The van der Waals surface area contributed by atoms with Crippen molar-refractivity contribution in [2.24, 2.45) is 0 Å². The zero-order chi connectivity index (χ0) is 24.6. The minimum absolute atomic E-state index is 0.0328. The van der Waals surface area contributed by atoms with Gasteiger partial charge >= 0.3 is 5.97 Å². The molecule has 1 unspecified atom stereocenters. The number of aromatic amines is 1. The minimum Gasteiger partial charge on any atom is -0.481 e. The second-order valence-corrected chi connectivity index (χ2v) is 9.80. The van der Waals surface area contributed by atoms with Crippen molar-refractivity contribution in [3.63, 3.8) is 0 Å².